The van der Waals surface area contributed by atoms with Crippen LogP contribution in [-0.2, 0) is 0 Å². The van der Waals surface area contributed by atoms with E-state index >= 15 is 0 Å². The van der Waals surface area contributed by atoms with Crippen LogP contribution >= 0.6 is 11.6 Å². The monoisotopic (exact) mass is 815 g/mol. The normalized spacial score (nSPS) is 14.9. The third kappa shape index (κ3) is 24.0. The van der Waals surface area contributed by atoms with Crippen molar-refractivity contribution < 1.29 is 34.7 Å². The Bertz CT molecular complexity index is 1530. The molecule has 3 atom stereocenters. The van der Waals surface area contributed by atoms with Crippen molar-refractivity contribution in [3.8, 4) is 17.2 Å². The number of halogens is 1. The van der Waals surface area contributed by atoms with Crippen LogP contribution in [0.2, 0.25) is 5.02 Å². The summed E-state index contributed by atoms with van der Waals surface area (Å²) in [5.74, 6) is 1.51. The maximum Gasteiger partial charge on any atom is 0.319 e. The smallest absolute Gasteiger partial charge is 0.319 e. The highest BCUT2D eigenvalue weighted by Gasteiger charge is 2.17. The number of rotatable bonds is 16. The Balaban J connectivity index is 0.000000313. The van der Waals surface area contributed by atoms with Gasteiger partial charge in [-0.25, -0.2) is 4.79 Å². The number of aliphatic hydroxyl groups is 3. The summed E-state index contributed by atoms with van der Waals surface area (Å²) in [5, 5.41) is 54.6. The second-order valence-electron chi connectivity index (χ2n) is 16.7. The van der Waals surface area contributed by atoms with Crippen molar-refractivity contribution in [3.63, 3.8) is 0 Å². The quantitative estimate of drug-likeness (QED) is 0.0722. The number of carbonyl (C=O) groups is 1. The largest absolute Gasteiger partial charge is 0.508 e. The van der Waals surface area contributed by atoms with Crippen molar-refractivity contribution in [3.05, 3.63) is 83.4 Å². The summed E-state index contributed by atoms with van der Waals surface area (Å²) >= 11 is 5.98. The third-order valence-corrected chi connectivity index (χ3v) is 8.84. The van der Waals surface area contributed by atoms with Gasteiger partial charge in [-0.1, -0.05) is 62.9 Å². The molecule has 4 rings (SSSR count). The number of hydrogen-bond acceptors (Lipinski definition) is 10. The molecular weight excluding hydrogens is 746 g/mol. The first kappa shape index (κ1) is 49.5. The fourth-order valence-corrected chi connectivity index (χ4v) is 5.59. The zero-order valence-corrected chi connectivity index (χ0v) is 36.0. The number of carbonyl (C=O) groups excluding carboxylic acids is 1. The highest BCUT2D eigenvalue weighted by atomic mass is 35.5. The molecule has 0 aliphatic heterocycles. The molecule has 0 aromatic heterocycles. The molecule has 0 radical (unpaired) electrons. The summed E-state index contributed by atoms with van der Waals surface area (Å²) in [6.07, 6.45) is 4.10. The lowest BCUT2D eigenvalue weighted by Gasteiger charge is -2.23. The second-order valence-corrected chi connectivity index (χ2v) is 17.2. The van der Waals surface area contributed by atoms with Gasteiger partial charge in [0.15, 0.2) is 0 Å². The van der Waals surface area contributed by atoms with Crippen LogP contribution in [-0.4, -0.2) is 94.7 Å². The Morgan fingerprint density at radius 1 is 0.737 bits per heavy atom. The fraction of sp³-hybridized carbons (Fsp3) is 0.568. The number of urea groups is 1. The van der Waals surface area contributed by atoms with E-state index in [0.29, 0.717) is 42.2 Å². The number of amides is 2. The number of ether oxygens (including phenoxy) is 2. The molecule has 3 aromatic rings. The topological polar surface area (TPSA) is 177 Å². The van der Waals surface area contributed by atoms with Crippen LogP contribution in [0.3, 0.4) is 0 Å². The number of phenolic OH excluding ortho intramolecular Hbond substituents is 1. The van der Waals surface area contributed by atoms with Gasteiger partial charge in [-0.3, -0.25) is 0 Å². The lowest BCUT2D eigenvalue weighted by Crippen LogP contribution is -2.42. The number of nitrogens with one attached hydrogen (secondary N) is 5. The van der Waals surface area contributed by atoms with Gasteiger partial charge < -0.3 is 56.5 Å². The summed E-state index contributed by atoms with van der Waals surface area (Å²) in [6, 6.07) is 21.5. The first-order valence-electron chi connectivity index (χ1n) is 20.0. The highest BCUT2D eigenvalue weighted by Crippen LogP contribution is 2.23. The van der Waals surface area contributed by atoms with Crippen molar-refractivity contribution in [1.29, 1.82) is 0 Å². The SMILES string of the molecule is CC(C)(C)NCC(O)COc1ccc(NC(=O)NC2CCCCC2)cc1.CC(C)(C)NCC(O)c1ccccc1Cl.CC(C)NC[C@H](O)COc1ccc(O)cc1. The van der Waals surface area contributed by atoms with Gasteiger partial charge in [0.1, 0.15) is 42.7 Å². The summed E-state index contributed by atoms with van der Waals surface area (Å²) in [5.41, 5.74) is 1.46. The minimum Gasteiger partial charge on any atom is -0.508 e. The zero-order valence-electron chi connectivity index (χ0n) is 35.3. The Labute approximate surface area is 346 Å². The average molecular weight is 817 g/mol. The number of benzene rings is 3. The van der Waals surface area contributed by atoms with Crippen LogP contribution in [0.4, 0.5) is 10.5 Å². The standard InChI is InChI=1S/C20H33N3O3.C12H18ClNO.C12H19NO3/c1-20(2,3)21-13-17(24)14-26-18-11-9-16(10-12-18)23-19(25)22-15-7-5-4-6-8-15;1-12(2,3)14-8-11(15)9-6-4-5-7-10(9)13;1-9(2)13-7-11(15)8-16-12-5-3-10(14)4-6-12/h9-12,15,17,21,24H,4-8,13-14H2,1-3H3,(H2,22,23,25);4-7,11,14-15H,8H2,1-3H3;3-6,9,11,13-15H,7-8H2,1-2H3/t;;11-/m..0/s1. The molecule has 1 saturated carbocycles. The third-order valence-electron chi connectivity index (χ3n) is 8.49. The van der Waals surface area contributed by atoms with Gasteiger partial charge >= 0.3 is 6.03 Å². The predicted octanol–water partition coefficient (Wildman–Crippen LogP) is 7.16. The summed E-state index contributed by atoms with van der Waals surface area (Å²) < 4.78 is 11.0. The van der Waals surface area contributed by atoms with Gasteiger partial charge in [-0.15, -0.1) is 0 Å². The predicted molar refractivity (Wildman–Crippen MR) is 232 cm³/mol. The molecule has 0 bridgehead atoms. The van der Waals surface area contributed by atoms with Crippen molar-refractivity contribution in [2.75, 3.05) is 38.2 Å². The van der Waals surface area contributed by atoms with Gasteiger partial charge in [-0.2, -0.15) is 0 Å². The van der Waals surface area contributed by atoms with Crippen LogP contribution in [0.25, 0.3) is 0 Å². The molecule has 13 heteroatoms. The molecule has 57 heavy (non-hydrogen) atoms. The van der Waals surface area contributed by atoms with Crippen LogP contribution < -0.4 is 36.1 Å². The van der Waals surface area contributed by atoms with Crippen LogP contribution in [0.15, 0.2) is 72.8 Å². The molecule has 1 aliphatic carbocycles. The first-order chi connectivity index (χ1) is 26.8. The lowest BCUT2D eigenvalue weighted by atomic mass is 9.96. The number of aliphatic hydroxyl groups excluding tert-OH is 3. The van der Waals surface area contributed by atoms with Crippen LogP contribution in [0.1, 0.15) is 99.2 Å². The molecule has 0 heterocycles. The number of aromatic hydroxyl groups is 1. The summed E-state index contributed by atoms with van der Waals surface area (Å²) in [6.45, 7) is 18.3. The van der Waals surface area contributed by atoms with Crippen molar-refractivity contribution >= 4 is 23.3 Å². The minimum atomic E-state index is -0.576. The van der Waals surface area contributed by atoms with E-state index in [1.807, 2.05) is 32.0 Å². The molecule has 0 spiro atoms. The van der Waals surface area contributed by atoms with Gasteiger partial charge in [-0.05, 0) is 109 Å². The molecule has 3 aromatic carbocycles. The van der Waals surface area contributed by atoms with E-state index in [1.54, 1.807) is 54.6 Å². The van der Waals surface area contributed by atoms with Gasteiger partial charge in [0.05, 0.1) is 6.10 Å². The number of hydrogen-bond donors (Lipinski definition) is 9. The molecule has 2 unspecified atom stereocenters. The number of anilines is 1. The summed E-state index contributed by atoms with van der Waals surface area (Å²) in [7, 11) is 0. The van der Waals surface area contributed by atoms with Gasteiger partial charge in [0, 0.05) is 59.1 Å². The summed E-state index contributed by atoms with van der Waals surface area (Å²) in [4.78, 5) is 12.0. The maximum atomic E-state index is 12.0. The lowest BCUT2D eigenvalue weighted by molar-refractivity contribution is 0.100. The Morgan fingerprint density at radius 3 is 1.77 bits per heavy atom. The van der Waals surface area contributed by atoms with E-state index in [-0.39, 0.29) is 42.1 Å². The Morgan fingerprint density at radius 2 is 1.25 bits per heavy atom. The van der Waals surface area contributed by atoms with E-state index in [0.717, 1.165) is 24.1 Å². The fourth-order valence-electron chi connectivity index (χ4n) is 5.33. The van der Waals surface area contributed by atoms with E-state index in [2.05, 4.69) is 68.1 Å². The molecule has 1 fully saturated rings. The van der Waals surface area contributed by atoms with Crippen LogP contribution in [0.5, 0.6) is 17.2 Å². The molecule has 9 N–H and O–H groups in total. The molecule has 2 amide bonds. The van der Waals surface area contributed by atoms with Gasteiger partial charge in [0.2, 0.25) is 0 Å². The minimum absolute atomic E-state index is 0.00222. The molecular formula is C44H70ClN5O7. The molecule has 0 saturated heterocycles. The van der Waals surface area contributed by atoms with E-state index < -0.39 is 18.3 Å². The van der Waals surface area contributed by atoms with Crippen molar-refractivity contribution in [2.24, 2.45) is 0 Å². The van der Waals surface area contributed by atoms with E-state index in [4.69, 9.17) is 26.2 Å². The Kier molecular flexibility index (Phi) is 22.3. The maximum absolute atomic E-state index is 12.0. The van der Waals surface area contributed by atoms with E-state index in [1.165, 1.54) is 19.3 Å². The zero-order chi connectivity index (χ0) is 42.4. The Hall–Kier alpha value is -3.62. The van der Waals surface area contributed by atoms with Gasteiger partial charge in [0.25, 0.3) is 0 Å². The number of phenols is 1. The highest BCUT2D eigenvalue weighted by molar-refractivity contribution is 6.31. The second kappa shape index (κ2) is 25.7. The average Bonchev–Trinajstić information content (AvgIpc) is 3.15. The van der Waals surface area contributed by atoms with E-state index in [9.17, 15) is 20.1 Å². The van der Waals surface area contributed by atoms with Crippen LogP contribution in [0, 0.1) is 0 Å². The van der Waals surface area contributed by atoms with Crippen molar-refractivity contribution in [2.45, 2.75) is 129 Å². The van der Waals surface area contributed by atoms with Crippen molar-refractivity contribution in [1.82, 2.24) is 21.3 Å². The first-order valence-corrected chi connectivity index (χ1v) is 20.4. The molecule has 12 nitrogen and oxygen atoms in total. The molecule has 320 valence electrons. The number of β-amino-alcohol motifs (C(OH)–C–C–N with tert-alkyl or cyclic N) is 2. The molecule has 1 aliphatic rings.